The van der Waals surface area contributed by atoms with E-state index in [-0.39, 0.29) is 23.3 Å². The molecule has 0 spiro atoms. The molecule has 20 heavy (non-hydrogen) atoms. The third-order valence-electron chi connectivity index (χ3n) is 4.57. The highest BCUT2D eigenvalue weighted by atomic mass is 16.7. The van der Waals surface area contributed by atoms with Crippen LogP contribution in [-0.4, -0.2) is 55.9 Å². The summed E-state index contributed by atoms with van der Waals surface area (Å²) in [6, 6.07) is 0. The van der Waals surface area contributed by atoms with E-state index < -0.39 is 12.2 Å². The van der Waals surface area contributed by atoms with Crippen LogP contribution in [0.4, 0.5) is 0 Å². The van der Waals surface area contributed by atoms with Crippen LogP contribution < -0.4 is 0 Å². The minimum Gasteiger partial charge on any atom is -0.393 e. The van der Waals surface area contributed by atoms with Crippen LogP contribution in [0, 0.1) is 0 Å². The normalized spacial score (nSPS) is 38.9. The van der Waals surface area contributed by atoms with Crippen LogP contribution in [0.15, 0.2) is 0 Å². The lowest BCUT2D eigenvalue weighted by Gasteiger charge is -2.54. The topological polar surface area (TPSA) is 73.2 Å². The first-order chi connectivity index (χ1) is 9.13. The molecule has 5 nitrogen and oxygen atoms in total. The van der Waals surface area contributed by atoms with Crippen LogP contribution in [0.2, 0.25) is 0 Å². The summed E-state index contributed by atoms with van der Waals surface area (Å²) < 4.78 is 0. The Morgan fingerprint density at radius 2 is 1.50 bits per heavy atom. The van der Waals surface area contributed by atoms with Crippen LogP contribution in [0.5, 0.6) is 0 Å². The third kappa shape index (κ3) is 3.17. The van der Waals surface area contributed by atoms with E-state index in [1.54, 1.807) is 0 Å². The monoisotopic (exact) mass is 287 g/mol. The molecule has 1 saturated carbocycles. The van der Waals surface area contributed by atoms with Gasteiger partial charge in [-0.3, -0.25) is 4.84 Å². The molecule has 118 valence electrons. The molecule has 1 heterocycles. The van der Waals surface area contributed by atoms with E-state index in [0.29, 0.717) is 19.3 Å². The van der Waals surface area contributed by atoms with Crippen molar-refractivity contribution in [1.82, 2.24) is 5.06 Å². The number of hydroxylamine groups is 2. The quantitative estimate of drug-likeness (QED) is 0.712. The highest BCUT2D eigenvalue weighted by molar-refractivity contribution is 4.97. The van der Waals surface area contributed by atoms with E-state index >= 15 is 0 Å². The molecule has 2 fully saturated rings. The molecule has 2 rings (SSSR count). The standard InChI is InChI=1S/C15H29NO4/c1-14(2)8-10(17)9-15(3,4)16(14)20-12-7-5-6-11(18)13(12)19/h10-13,17-19H,5-9H2,1-4H3. The smallest absolute Gasteiger partial charge is 0.108 e. The van der Waals surface area contributed by atoms with Crippen LogP contribution in [0.3, 0.4) is 0 Å². The first-order valence-corrected chi connectivity index (χ1v) is 7.65. The number of hydrogen-bond donors (Lipinski definition) is 3. The second-order valence-electron chi connectivity index (χ2n) is 7.61. The summed E-state index contributed by atoms with van der Waals surface area (Å²) in [7, 11) is 0. The number of rotatable bonds is 2. The minimum atomic E-state index is -0.831. The second kappa shape index (κ2) is 5.54. The number of aliphatic hydroxyl groups excluding tert-OH is 3. The molecule has 0 bridgehead atoms. The van der Waals surface area contributed by atoms with Gasteiger partial charge in [-0.15, -0.1) is 0 Å². The van der Waals surface area contributed by atoms with Crippen molar-refractivity contribution in [3.63, 3.8) is 0 Å². The van der Waals surface area contributed by atoms with Gasteiger partial charge in [0.2, 0.25) is 0 Å². The highest BCUT2D eigenvalue weighted by Gasteiger charge is 2.48. The fourth-order valence-electron chi connectivity index (χ4n) is 3.86. The summed E-state index contributed by atoms with van der Waals surface area (Å²) in [5.41, 5.74) is -0.605. The van der Waals surface area contributed by atoms with Gasteiger partial charge in [0.05, 0.1) is 12.2 Å². The Labute approximate surface area is 121 Å². The van der Waals surface area contributed by atoms with Gasteiger partial charge in [0, 0.05) is 11.1 Å². The molecule has 0 radical (unpaired) electrons. The molecule has 3 unspecified atom stereocenters. The number of piperidine rings is 1. The molecule has 5 heteroatoms. The lowest BCUT2D eigenvalue weighted by Crippen LogP contribution is -2.63. The minimum absolute atomic E-state index is 0.302. The Bertz CT molecular complexity index is 327. The van der Waals surface area contributed by atoms with Crippen molar-refractivity contribution in [3.8, 4) is 0 Å². The maximum Gasteiger partial charge on any atom is 0.108 e. The summed E-state index contributed by atoms with van der Waals surface area (Å²) >= 11 is 0. The zero-order valence-corrected chi connectivity index (χ0v) is 13.0. The third-order valence-corrected chi connectivity index (χ3v) is 4.57. The number of nitrogens with zero attached hydrogens (tertiary/aromatic N) is 1. The molecule has 0 aromatic rings. The predicted molar refractivity (Wildman–Crippen MR) is 76.0 cm³/mol. The first-order valence-electron chi connectivity index (χ1n) is 7.65. The Hall–Kier alpha value is -0.200. The molecule has 3 N–H and O–H groups in total. The Morgan fingerprint density at radius 3 is 2.05 bits per heavy atom. The molecular formula is C15H29NO4. The van der Waals surface area contributed by atoms with E-state index in [1.807, 2.05) is 32.8 Å². The Balaban J connectivity index is 2.13. The van der Waals surface area contributed by atoms with Crippen LogP contribution in [-0.2, 0) is 4.84 Å². The molecule has 0 amide bonds. The summed E-state index contributed by atoms with van der Waals surface area (Å²) in [4.78, 5) is 6.11. The first kappa shape index (κ1) is 16.2. The van der Waals surface area contributed by atoms with Gasteiger partial charge in [-0.05, 0) is 59.8 Å². The van der Waals surface area contributed by atoms with Crippen LogP contribution in [0.25, 0.3) is 0 Å². The van der Waals surface area contributed by atoms with Crippen molar-refractivity contribution in [2.24, 2.45) is 0 Å². The molecule has 1 saturated heterocycles. The summed E-state index contributed by atoms with van der Waals surface area (Å²) in [6.07, 6.45) is 1.30. The van der Waals surface area contributed by atoms with Gasteiger partial charge in [0.1, 0.15) is 12.2 Å². The molecule has 1 aliphatic carbocycles. The predicted octanol–water partition coefficient (Wildman–Crippen LogP) is 1.21. The maximum absolute atomic E-state index is 10.1. The van der Waals surface area contributed by atoms with Gasteiger partial charge < -0.3 is 15.3 Å². The van der Waals surface area contributed by atoms with Crippen molar-refractivity contribution in [1.29, 1.82) is 0 Å². The van der Waals surface area contributed by atoms with Gasteiger partial charge in [-0.1, -0.05) is 0 Å². The largest absolute Gasteiger partial charge is 0.393 e. The maximum atomic E-state index is 10.1. The Morgan fingerprint density at radius 1 is 0.950 bits per heavy atom. The molecule has 1 aliphatic heterocycles. The number of hydrogen-bond acceptors (Lipinski definition) is 5. The molecule has 0 aromatic heterocycles. The lowest BCUT2D eigenvalue weighted by molar-refractivity contribution is -0.333. The van der Waals surface area contributed by atoms with Gasteiger partial charge in [0.15, 0.2) is 0 Å². The zero-order valence-electron chi connectivity index (χ0n) is 13.0. The fourth-order valence-corrected chi connectivity index (χ4v) is 3.86. The van der Waals surface area contributed by atoms with Gasteiger partial charge in [-0.2, -0.15) is 5.06 Å². The summed E-state index contributed by atoms with van der Waals surface area (Å²) in [5, 5.41) is 31.9. The zero-order chi connectivity index (χ0) is 15.1. The SMILES string of the molecule is CC1(C)CC(O)CC(C)(C)N1OC1CCCC(O)C1O. The lowest BCUT2D eigenvalue weighted by atomic mass is 9.80. The Kier molecular flexibility index (Phi) is 4.48. The molecule has 3 atom stereocenters. The summed E-state index contributed by atoms with van der Waals surface area (Å²) in [5.74, 6) is 0. The second-order valence-corrected chi connectivity index (χ2v) is 7.61. The van der Waals surface area contributed by atoms with E-state index in [1.165, 1.54) is 0 Å². The average molecular weight is 287 g/mol. The molecular weight excluding hydrogens is 258 g/mol. The van der Waals surface area contributed by atoms with Crippen LogP contribution in [0.1, 0.15) is 59.8 Å². The van der Waals surface area contributed by atoms with E-state index in [0.717, 1.165) is 12.8 Å². The van der Waals surface area contributed by atoms with E-state index in [4.69, 9.17) is 4.84 Å². The van der Waals surface area contributed by atoms with Gasteiger partial charge >= 0.3 is 0 Å². The fraction of sp³-hybridized carbons (Fsp3) is 1.00. The molecule has 2 aliphatic rings. The van der Waals surface area contributed by atoms with Crippen LogP contribution >= 0.6 is 0 Å². The highest BCUT2D eigenvalue weighted by Crippen LogP contribution is 2.40. The number of aliphatic hydroxyl groups is 3. The van der Waals surface area contributed by atoms with Gasteiger partial charge in [-0.25, -0.2) is 0 Å². The summed E-state index contributed by atoms with van der Waals surface area (Å²) in [6.45, 7) is 8.18. The van der Waals surface area contributed by atoms with E-state index in [9.17, 15) is 15.3 Å². The average Bonchev–Trinajstić information content (AvgIpc) is 2.27. The van der Waals surface area contributed by atoms with Crippen molar-refractivity contribution in [3.05, 3.63) is 0 Å². The van der Waals surface area contributed by atoms with E-state index in [2.05, 4.69) is 0 Å². The van der Waals surface area contributed by atoms with Crippen molar-refractivity contribution in [2.75, 3.05) is 0 Å². The van der Waals surface area contributed by atoms with Crippen molar-refractivity contribution in [2.45, 2.75) is 95.3 Å². The molecule has 0 aromatic carbocycles. The van der Waals surface area contributed by atoms with Gasteiger partial charge in [0.25, 0.3) is 0 Å². The van der Waals surface area contributed by atoms with Crippen molar-refractivity contribution >= 4 is 0 Å². The van der Waals surface area contributed by atoms with Crippen molar-refractivity contribution < 1.29 is 20.2 Å².